The Morgan fingerprint density at radius 2 is 1.48 bits per heavy atom. The standard InChI is InChI=1S/C18H24N2O2S/c1-15(13-20-23(2,21)22)19-14-18-10-8-17(9-11-18)12-16-6-4-3-5-7-16/h3-11,15,19-20H,12-14H2,1-2H3/t15-/m0/s1. The average molecular weight is 332 g/mol. The van der Waals surface area contributed by atoms with Gasteiger partial charge < -0.3 is 5.32 Å². The van der Waals surface area contributed by atoms with Crippen LogP contribution < -0.4 is 10.0 Å². The molecule has 124 valence electrons. The molecule has 0 heterocycles. The van der Waals surface area contributed by atoms with Crippen molar-refractivity contribution in [3.63, 3.8) is 0 Å². The third kappa shape index (κ3) is 6.95. The van der Waals surface area contributed by atoms with Gasteiger partial charge in [0, 0.05) is 19.1 Å². The lowest BCUT2D eigenvalue weighted by molar-refractivity contribution is 0.526. The van der Waals surface area contributed by atoms with Gasteiger partial charge in [-0.25, -0.2) is 13.1 Å². The largest absolute Gasteiger partial charge is 0.309 e. The number of nitrogens with one attached hydrogen (secondary N) is 2. The summed E-state index contributed by atoms with van der Waals surface area (Å²) in [5.74, 6) is 0. The van der Waals surface area contributed by atoms with Crippen LogP contribution in [0.3, 0.4) is 0 Å². The van der Waals surface area contributed by atoms with Gasteiger partial charge in [0.15, 0.2) is 0 Å². The van der Waals surface area contributed by atoms with Crippen LogP contribution in [0, 0.1) is 0 Å². The molecule has 0 radical (unpaired) electrons. The molecule has 2 aromatic rings. The van der Waals surface area contributed by atoms with Gasteiger partial charge in [-0.05, 0) is 30.0 Å². The van der Waals surface area contributed by atoms with Crippen LogP contribution in [0.1, 0.15) is 23.6 Å². The van der Waals surface area contributed by atoms with E-state index >= 15 is 0 Å². The minimum atomic E-state index is -3.13. The summed E-state index contributed by atoms with van der Waals surface area (Å²) in [7, 11) is -3.13. The van der Waals surface area contributed by atoms with Gasteiger partial charge in [-0.1, -0.05) is 54.6 Å². The first-order valence-corrected chi connectivity index (χ1v) is 9.61. The van der Waals surface area contributed by atoms with Crippen molar-refractivity contribution in [1.82, 2.24) is 10.0 Å². The monoisotopic (exact) mass is 332 g/mol. The van der Waals surface area contributed by atoms with Crippen LogP contribution in [-0.2, 0) is 23.0 Å². The summed E-state index contributed by atoms with van der Waals surface area (Å²) in [5.41, 5.74) is 3.78. The van der Waals surface area contributed by atoms with Crippen molar-refractivity contribution in [1.29, 1.82) is 0 Å². The molecule has 2 N–H and O–H groups in total. The summed E-state index contributed by atoms with van der Waals surface area (Å²) in [6.07, 6.45) is 2.11. The van der Waals surface area contributed by atoms with E-state index in [1.807, 2.05) is 13.0 Å². The van der Waals surface area contributed by atoms with Crippen LogP contribution in [-0.4, -0.2) is 27.3 Å². The first kappa shape index (κ1) is 17.7. The van der Waals surface area contributed by atoms with Gasteiger partial charge in [0.1, 0.15) is 0 Å². The van der Waals surface area contributed by atoms with E-state index in [4.69, 9.17) is 0 Å². The number of hydrogen-bond donors (Lipinski definition) is 2. The summed E-state index contributed by atoms with van der Waals surface area (Å²) < 4.78 is 24.6. The van der Waals surface area contributed by atoms with E-state index in [-0.39, 0.29) is 6.04 Å². The lowest BCUT2D eigenvalue weighted by Crippen LogP contribution is -2.38. The summed E-state index contributed by atoms with van der Waals surface area (Å²) in [6.45, 7) is 3.07. The van der Waals surface area contributed by atoms with Gasteiger partial charge >= 0.3 is 0 Å². The van der Waals surface area contributed by atoms with E-state index in [1.165, 1.54) is 22.9 Å². The molecule has 2 rings (SSSR count). The summed E-state index contributed by atoms with van der Waals surface area (Å²) >= 11 is 0. The maximum absolute atomic E-state index is 11.1. The van der Waals surface area contributed by atoms with Crippen molar-refractivity contribution in [3.8, 4) is 0 Å². The van der Waals surface area contributed by atoms with Crippen molar-refractivity contribution in [2.24, 2.45) is 0 Å². The second-order valence-corrected chi connectivity index (χ2v) is 7.71. The molecule has 5 heteroatoms. The third-order valence-corrected chi connectivity index (χ3v) is 4.27. The van der Waals surface area contributed by atoms with E-state index in [0.29, 0.717) is 6.54 Å². The summed E-state index contributed by atoms with van der Waals surface area (Å²) in [6, 6.07) is 19.0. The molecule has 4 nitrogen and oxygen atoms in total. The normalized spacial score (nSPS) is 13.0. The van der Waals surface area contributed by atoms with Gasteiger partial charge in [0.05, 0.1) is 6.26 Å². The molecule has 0 spiro atoms. The van der Waals surface area contributed by atoms with E-state index in [2.05, 4.69) is 58.6 Å². The molecule has 0 aliphatic heterocycles. The van der Waals surface area contributed by atoms with Gasteiger partial charge in [0.2, 0.25) is 10.0 Å². The fourth-order valence-corrected chi connectivity index (χ4v) is 2.80. The third-order valence-electron chi connectivity index (χ3n) is 3.58. The van der Waals surface area contributed by atoms with Gasteiger partial charge in [-0.2, -0.15) is 0 Å². The minimum absolute atomic E-state index is 0.0775. The Morgan fingerprint density at radius 1 is 0.913 bits per heavy atom. The van der Waals surface area contributed by atoms with Crippen molar-refractivity contribution < 1.29 is 8.42 Å². The van der Waals surface area contributed by atoms with Crippen molar-refractivity contribution >= 4 is 10.0 Å². The maximum atomic E-state index is 11.1. The molecule has 2 aromatic carbocycles. The van der Waals surface area contributed by atoms with Crippen molar-refractivity contribution in [3.05, 3.63) is 71.3 Å². The zero-order valence-electron chi connectivity index (χ0n) is 13.6. The van der Waals surface area contributed by atoms with Gasteiger partial charge in [-0.15, -0.1) is 0 Å². The molecule has 0 unspecified atom stereocenters. The van der Waals surface area contributed by atoms with Crippen molar-refractivity contribution in [2.75, 3.05) is 12.8 Å². The molecule has 0 aliphatic carbocycles. The molecule has 23 heavy (non-hydrogen) atoms. The van der Waals surface area contributed by atoms with E-state index in [1.54, 1.807) is 0 Å². The molecule has 0 saturated carbocycles. The number of rotatable bonds is 8. The van der Waals surface area contributed by atoms with Crippen LogP contribution in [0.25, 0.3) is 0 Å². The molecule has 0 aromatic heterocycles. The lowest BCUT2D eigenvalue weighted by Gasteiger charge is -2.14. The predicted molar refractivity (Wildman–Crippen MR) is 94.8 cm³/mol. The van der Waals surface area contributed by atoms with Gasteiger partial charge in [-0.3, -0.25) is 0 Å². The molecular weight excluding hydrogens is 308 g/mol. The lowest BCUT2D eigenvalue weighted by atomic mass is 10.0. The summed E-state index contributed by atoms with van der Waals surface area (Å²) in [4.78, 5) is 0. The second-order valence-electron chi connectivity index (χ2n) is 5.88. The van der Waals surface area contributed by atoms with Crippen molar-refractivity contribution in [2.45, 2.75) is 25.9 Å². The second kappa shape index (κ2) is 8.24. The van der Waals surface area contributed by atoms with E-state index < -0.39 is 10.0 Å². The highest BCUT2D eigenvalue weighted by molar-refractivity contribution is 7.88. The van der Waals surface area contributed by atoms with Crippen LogP contribution in [0.5, 0.6) is 0 Å². The van der Waals surface area contributed by atoms with E-state index in [9.17, 15) is 8.42 Å². The Hall–Kier alpha value is -1.69. The van der Waals surface area contributed by atoms with E-state index in [0.717, 1.165) is 13.0 Å². The number of sulfonamides is 1. The Balaban J connectivity index is 1.81. The first-order valence-electron chi connectivity index (χ1n) is 7.72. The molecular formula is C18H24N2O2S. The fourth-order valence-electron chi connectivity index (χ4n) is 2.25. The van der Waals surface area contributed by atoms with Gasteiger partial charge in [0.25, 0.3) is 0 Å². The number of hydrogen-bond acceptors (Lipinski definition) is 3. The summed E-state index contributed by atoms with van der Waals surface area (Å²) in [5, 5.41) is 3.31. The Morgan fingerprint density at radius 3 is 2.09 bits per heavy atom. The maximum Gasteiger partial charge on any atom is 0.208 e. The average Bonchev–Trinajstić information content (AvgIpc) is 2.52. The SMILES string of the molecule is C[C@@H](CNS(C)(=O)=O)NCc1ccc(Cc2ccccc2)cc1. The molecule has 0 bridgehead atoms. The Kier molecular flexibility index (Phi) is 6.33. The highest BCUT2D eigenvalue weighted by atomic mass is 32.2. The molecule has 0 saturated heterocycles. The smallest absolute Gasteiger partial charge is 0.208 e. The predicted octanol–water partition coefficient (Wildman–Crippen LogP) is 2.30. The Labute approximate surface area is 139 Å². The fraction of sp³-hybridized carbons (Fsp3) is 0.333. The zero-order valence-corrected chi connectivity index (χ0v) is 14.4. The zero-order chi connectivity index (χ0) is 16.7. The topological polar surface area (TPSA) is 58.2 Å². The van der Waals surface area contributed by atoms with Crippen LogP contribution in [0.2, 0.25) is 0 Å². The highest BCUT2D eigenvalue weighted by Crippen LogP contribution is 2.10. The Bertz CT molecular complexity index is 698. The first-order chi connectivity index (χ1) is 10.9. The highest BCUT2D eigenvalue weighted by Gasteiger charge is 2.06. The quantitative estimate of drug-likeness (QED) is 0.780. The van der Waals surface area contributed by atoms with Crippen LogP contribution in [0.4, 0.5) is 0 Å². The molecule has 0 aliphatic rings. The number of benzene rings is 2. The molecule has 0 fully saturated rings. The molecule has 1 atom stereocenters. The minimum Gasteiger partial charge on any atom is -0.309 e. The van der Waals surface area contributed by atoms with Crippen LogP contribution in [0.15, 0.2) is 54.6 Å². The molecule has 0 amide bonds. The van der Waals surface area contributed by atoms with Crippen LogP contribution >= 0.6 is 0 Å².